The van der Waals surface area contributed by atoms with Gasteiger partial charge < -0.3 is 0 Å². The predicted molar refractivity (Wildman–Crippen MR) is 68.4 cm³/mol. The summed E-state index contributed by atoms with van der Waals surface area (Å²) in [6.07, 6.45) is 11.3. The zero-order valence-corrected chi connectivity index (χ0v) is 10.7. The lowest BCUT2D eigenvalue weighted by atomic mass is 10.0. The fourth-order valence-electron chi connectivity index (χ4n) is 1.50. The van der Waals surface area contributed by atoms with E-state index in [0.717, 1.165) is 18.2 Å². The smallest absolute Gasteiger partial charge is 0.197 e. The van der Waals surface area contributed by atoms with Crippen molar-refractivity contribution in [2.24, 2.45) is 0 Å². The molecule has 0 bridgehead atoms. The van der Waals surface area contributed by atoms with Gasteiger partial charge in [0.25, 0.3) is 0 Å². The van der Waals surface area contributed by atoms with Crippen LogP contribution in [0.3, 0.4) is 0 Å². The highest BCUT2D eigenvalue weighted by atomic mass is 32.2. The van der Waals surface area contributed by atoms with Crippen LogP contribution >= 0.6 is 11.8 Å². The van der Waals surface area contributed by atoms with Gasteiger partial charge in [0, 0.05) is 0 Å². The molecule has 2 nitrogen and oxygen atoms in total. The Balaban J connectivity index is 2.47. The van der Waals surface area contributed by atoms with Gasteiger partial charge in [0.05, 0.1) is 11.2 Å². The normalized spacial score (nSPS) is 26.4. The average molecular weight is 238 g/mol. The Morgan fingerprint density at radius 3 is 2.69 bits per heavy atom. The van der Waals surface area contributed by atoms with Gasteiger partial charge in [-0.05, 0) is 13.3 Å². The van der Waals surface area contributed by atoms with Crippen LogP contribution in [0.25, 0.3) is 0 Å². The maximum absolute atomic E-state index is 11.6. The van der Waals surface area contributed by atoms with Crippen LogP contribution in [0.2, 0.25) is 0 Å². The second-order valence-electron chi connectivity index (χ2n) is 4.11. The van der Waals surface area contributed by atoms with Crippen LogP contribution < -0.4 is 0 Å². The summed E-state index contributed by atoms with van der Waals surface area (Å²) in [5.74, 6) is 0.0145. The molecule has 1 saturated heterocycles. The van der Waals surface area contributed by atoms with E-state index in [1.807, 2.05) is 18.2 Å². The predicted octanol–water partition coefficient (Wildman–Crippen LogP) is 3.28. The molecule has 88 valence electrons. The number of allylic oxidation sites excluding steroid dienone is 3. The van der Waals surface area contributed by atoms with Crippen LogP contribution in [-0.4, -0.2) is 15.6 Å². The molecule has 3 heteroatoms. The van der Waals surface area contributed by atoms with Gasteiger partial charge >= 0.3 is 0 Å². The number of thioether (sulfide) groups is 1. The van der Waals surface area contributed by atoms with Gasteiger partial charge in [0.15, 0.2) is 10.9 Å². The maximum atomic E-state index is 11.6. The molecular weight excluding hydrogens is 220 g/mol. The number of ketones is 1. The first-order valence-electron chi connectivity index (χ1n) is 5.68. The summed E-state index contributed by atoms with van der Waals surface area (Å²) in [7, 11) is 0. The molecule has 0 saturated carbocycles. The average Bonchev–Trinajstić information content (AvgIpc) is 2.47. The molecule has 1 aliphatic heterocycles. The summed E-state index contributed by atoms with van der Waals surface area (Å²) in [4.78, 5) is 22.7. The second kappa shape index (κ2) is 6.04. The summed E-state index contributed by atoms with van der Waals surface area (Å²) in [6, 6.07) is 0. The summed E-state index contributed by atoms with van der Waals surface area (Å²) >= 11 is 1.14. The van der Waals surface area contributed by atoms with Crippen molar-refractivity contribution in [3.05, 3.63) is 24.3 Å². The summed E-state index contributed by atoms with van der Waals surface area (Å²) in [6.45, 7) is 3.96. The first-order valence-corrected chi connectivity index (χ1v) is 6.49. The van der Waals surface area contributed by atoms with Crippen LogP contribution in [0, 0.1) is 0 Å². The minimum absolute atomic E-state index is 0.0145. The Kier molecular flexibility index (Phi) is 5.00. The van der Waals surface area contributed by atoms with Crippen LogP contribution in [-0.2, 0) is 9.59 Å². The molecule has 0 amide bonds. The SMILES string of the molecule is CCCCC=CC=C[C@@]1(C)SC(=O)CC1=O. The third-order valence-corrected chi connectivity index (χ3v) is 3.73. The first kappa shape index (κ1) is 13.2. The fourth-order valence-corrected chi connectivity index (χ4v) is 2.51. The molecule has 16 heavy (non-hydrogen) atoms. The number of unbranched alkanes of at least 4 members (excludes halogenated alkanes) is 2. The lowest BCUT2D eigenvalue weighted by Crippen LogP contribution is -2.22. The lowest BCUT2D eigenvalue weighted by molar-refractivity contribution is -0.122. The molecule has 0 aromatic carbocycles. The number of hydrogen-bond acceptors (Lipinski definition) is 3. The van der Waals surface area contributed by atoms with E-state index in [1.165, 1.54) is 12.8 Å². The van der Waals surface area contributed by atoms with Gasteiger partial charge in [-0.3, -0.25) is 9.59 Å². The van der Waals surface area contributed by atoms with Crippen LogP contribution in [0.5, 0.6) is 0 Å². The Hall–Kier alpha value is -0.830. The molecule has 1 rings (SSSR count). The van der Waals surface area contributed by atoms with Gasteiger partial charge in [0.1, 0.15) is 0 Å². The highest BCUT2D eigenvalue weighted by molar-refractivity contribution is 8.16. The largest absolute Gasteiger partial charge is 0.297 e. The van der Waals surface area contributed by atoms with E-state index in [1.54, 1.807) is 6.92 Å². The summed E-state index contributed by atoms with van der Waals surface area (Å²) < 4.78 is -0.633. The van der Waals surface area contributed by atoms with Crippen molar-refractivity contribution in [1.29, 1.82) is 0 Å². The Labute approximate surface area is 101 Å². The minimum atomic E-state index is -0.633. The molecule has 0 aromatic rings. The van der Waals surface area contributed by atoms with Gasteiger partial charge in [-0.1, -0.05) is 55.8 Å². The van der Waals surface area contributed by atoms with Crippen LogP contribution in [0.15, 0.2) is 24.3 Å². The molecule has 1 atom stereocenters. The fraction of sp³-hybridized carbons (Fsp3) is 0.538. The highest BCUT2D eigenvalue weighted by Crippen LogP contribution is 2.37. The number of Topliss-reactive ketones (excluding diaryl/α,β-unsaturated/α-hetero) is 1. The Morgan fingerprint density at radius 2 is 2.12 bits per heavy atom. The second-order valence-corrected chi connectivity index (χ2v) is 5.62. The standard InChI is InChI=1S/C13H18O2S/c1-3-4-5-6-7-8-9-13(2)11(14)10-12(15)16-13/h6-9H,3-5,10H2,1-2H3/t13-/m1/s1. The van der Waals surface area contributed by atoms with Crippen molar-refractivity contribution >= 4 is 22.7 Å². The van der Waals surface area contributed by atoms with Crippen molar-refractivity contribution in [1.82, 2.24) is 0 Å². The van der Waals surface area contributed by atoms with Crippen molar-refractivity contribution in [2.75, 3.05) is 0 Å². The monoisotopic (exact) mass is 238 g/mol. The van der Waals surface area contributed by atoms with Crippen molar-refractivity contribution in [3.63, 3.8) is 0 Å². The molecule has 0 N–H and O–H groups in total. The minimum Gasteiger partial charge on any atom is -0.297 e. The third kappa shape index (κ3) is 3.63. The molecular formula is C13H18O2S. The van der Waals surface area contributed by atoms with Gasteiger partial charge in [-0.25, -0.2) is 0 Å². The molecule has 0 aliphatic carbocycles. The molecule has 1 heterocycles. The topological polar surface area (TPSA) is 34.1 Å². The highest BCUT2D eigenvalue weighted by Gasteiger charge is 2.41. The Morgan fingerprint density at radius 1 is 1.38 bits per heavy atom. The maximum Gasteiger partial charge on any atom is 0.197 e. The summed E-state index contributed by atoms with van der Waals surface area (Å²) in [5, 5.41) is -0.0212. The van der Waals surface area contributed by atoms with Crippen molar-refractivity contribution < 1.29 is 9.59 Å². The number of hydrogen-bond donors (Lipinski definition) is 0. The van der Waals surface area contributed by atoms with Crippen LogP contribution in [0.4, 0.5) is 0 Å². The Bertz CT molecular complexity index is 331. The number of carbonyl (C=O) groups excluding carboxylic acids is 2. The zero-order chi connectivity index (χ0) is 12.0. The van der Waals surface area contributed by atoms with Gasteiger partial charge in [-0.15, -0.1) is 0 Å². The molecule has 1 fully saturated rings. The van der Waals surface area contributed by atoms with E-state index < -0.39 is 4.75 Å². The molecule has 0 aromatic heterocycles. The van der Waals surface area contributed by atoms with E-state index in [-0.39, 0.29) is 17.3 Å². The van der Waals surface area contributed by atoms with E-state index >= 15 is 0 Å². The van der Waals surface area contributed by atoms with Gasteiger partial charge in [-0.2, -0.15) is 0 Å². The number of rotatable bonds is 5. The molecule has 1 aliphatic rings. The van der Waals surface area contributed by atoms with E-state index in [2.05, 4.69) is 13.0 Å². The van der Waals surface area contributed by atoms with E-state index in [0.29, 0.717) is 0 Å². The third-order valence-electron chi connectivity index (χ3n) is 2.57. The molecule has 0 spiro atoms. The lowest BCUT2D eigenvalue weighted by Gasteiger charge is -2.13. The van der Waals surface area contributed by atoms with Crippen molar-refractivity contribution in [3.8, 4) is 0 Å². The zero-order valence-electron chi connectivity index (χ0n) is 9.86. The van der Waals surface area contributed by atoms with Gasteiger partial charge in [0.2, 0.25) is 0 Å². The molecule has 0 radical (unpaired) electrons. The summed E-state index contributed by atoms with van der Waals surface area (Å²) in [5.41, 5.74) is 0. The number of carbonyl (C=O) groups is 2. The molecule has 0 unspecified atom stereocenters. The van der Waals surface area contributed by atoms with E-state index in [4.69, 9.17) is 0 Å². The first-order chi connectivity index (χ1) is 7.58. The van der Waals surface area contributed by atoms with Crippen LogP contribution in [0.1, 0.15) is 39.5 Å². The van der Waals surface area contributed by atoms with E-state index in [9.17, 15) is 9.59 Å². The van der Waals surface area contributed by atoms with Crippen molar-refractivity contribution in [2.45, 2.75) is 44.3 Å². The quantitative estimate of drug-likeness (QED) is 0.419.